The predicted octanol–water partition coefficient (Wildman–Crippen LogP) is 9.15. The van der Waals surface area contributed by atoms with Crippen LogP contribution in [-0.4, -0.2) is 40.1 Å². The maximum Gasteiger partial charge on any atom is 0.255 e. The maximum absolute atomic E-state index is 14.1. The molecule has 0 fully saturated rings. The lowest BCUT2D eigenvalue weighted by Crippen LogP contribution is -2.31. The number of nitrogens with one attached hydrogen (secondary N) is 2. The Bertz CT molecular complexity index is 1770. The number of carbonyl (C=O) groups excluding carboxylic acids is 1. The van der Waals surface area contributed by atoms with Crippen molar-refractivity contribution in [2.24, 2.45) is 0 Å². The Labute approximate surface area is 291 Å². The molecule has 1 unspecified atom stereocenters. The average Bonchev–Trinajstić information content (AvgIpc) is 3.43. The van der Waals surface area contributed by atoms with Crippen LogP contribution >= 0.6 is 50.9 Å². The monoisotopic (exact) mass is 745 g/mol. The smallest absolute Gasteiger partial charge is 0.255 e. The average molecular weight is 748 g/mol. The summed E-state index contributed by atoms with van der Waals surface area (Å²) in [5, 5.41) is 12.9. The molecule has 1 atom stereocenters. The highest BCUT2D eigenvalue weighted by Crippen LogP contribution is 2.44. The number of anilines is 2. The molecule has 1 aliphatic rings. The molecule has 1 aliphatic heterocycles. The molecular weight excluding hydrogens is 713 g/mol. The number of unbranched alkanes of at least 4 members (excludes halogenated alkanes) is 1. The van der Waals surface area contributed by atoms with Gasteiger partial charge in [0.1, 0.15) is 18.4 Å². The zero-order valence-corrected chi connectivity index (χ0v) is 29.7. The second kappa shape index (κ2) is 15.5. The Morgan fingerprint density at radius 1 is 1.11 bits per heavy atom. The van der Waals surface area contributed by atoms with Gasteiger partial charge in [0.05, 0.1) is 29.4 Å². The first-order valence-electron chi connectivity index (χ1n) is 14.8. The number of para-hydroxylation sites is 2. The standard InChI is InChI=1S/C33H34BrCl2N5O4S/c1-5-7-14-46-33-39-32-37-19(3)28(31(42)38-25-10-8-9-11-26(25)44-6-2)29(41(32)40-33)21-15-23(34)30(27(16-21)43-4)45-18-20-12-13-22(35)17-24(20)36/h8-13,15-17,29H,5-7,14,18H2,1-4H3,(H,38,42)(H,37,39,40). The lowest BCUT2D eigenvalue weighted by molar-refractivity contribution is -0.113. The molecule has 2 heterocycles. The number of ether oxygens (including phenoxy) is 3. The minimum atomic E-state index is -0.645. The van der Waals surface area contributed by atoms with Crippen molar-refractivity contribution in [1.29, 1.82) is 0 Å². The van der Waals surface area contributed by atoms with Gasteiger partial charge >= 0.3 is 0 Å². The van der Waals surface area contributed by atoms with E-state index >= 15 is 0 Å². The lowest BCUT2D eigenvalue weighted by Gasteiger charge is -2.29. The molecule has 3 aromatic carbocycles. The van der Waals surface area contributed by atoms with Crippen LogP contribution in [-0.2, 0) is 11.4 Å². The molecular formula is C33H34BrCl2N5O4S. The second-order valence-corrected chi connectivity index (χ2v) is 13.1. The number of nitrogens with zero attached hydrogens (tertiary/aromatic N) is 3. The number of thioether (sulfide) groups is 1. The van der Waals surface area contributed by atoms with E-state index in [1.165, 1.54) is 0 Å². The molecule has 1 aromatic heterocycles. The Balaban J connectivity index is 1.54. The van der Waals surface area contributed by atoms with Crippen molar-refractivity contribution >= 4 is 68.4 Å². The van der Waals surface area contributed by atoms with E-state index in [1.54, 1.807) is 35.7 Å². The molecule has 0 saturated heterocycles. The van der Waals surface area contributed by atoms with Gasteiger partial charge < -0.3 is 24.8 Å². The molecule has 0 radical (unpaired) electrons. The molecule has 0 bridgehead atoms. The van der Waals surface area contributed by atoms with E-state index in [0.717, 1.165) is 29.7 Å². The number of allylic oxidation sites excluding steroid dienone is 1. The van der Waals surface area contributed by atoms with Crippen LogP contribution in [0.4, 0.5) is 11.6 Å². The van der Waals surface area contributed by atoms with Gasteiger partial charge in [-0.05, 0) is 78.2 Å². The van der Waals surface area contributed by atoms with Crippen molar-refractivity contribution < 1.29 is 19.0 Å². The van der Waals surface area contributed by atoms with E-state index in [1.807, 2.05) is 56.3 Å². The maximum atomic E-state index is 14.1. The van der Waals surface area contributed by atoms with E-state index in [-0.39, 0.29) is 12.5 Å². The number of benzene rings is 3. The fourth-order valence-corrected chi connectivity index (χ4v) is 6.92. The molecule has 242 valence electrons. The number of hydrogen-bond acceptors (Lipinski definition) is 8. The van der Waals surface area contributed by atoms with Gasteiger partial charge in [0.15, 0.2) is 11.5 Å². The number of carbonyl (C=O) groups is 1. The first-order chi connectivity index (χ1) is 22.2. The molecule has 4 aromatic rings. The summed E-state index contributed by atoms with van der Waals surface area (Å²) in [5.41, 5.74) is 3.18. The van der Waals surface area contributed by atoms with Gasteiger partial charge in [0.25, 0.3) is 5.91 Å². The van der Waals surface area contributed by atoms with Crippen molar-refractivity contribution in [2.75, 3.05) is 30.1 Å². The van der Waals surface area contributed by atoms with Crippen LogP contribution in [0.15, 0.2) is 75.5 Å². The quantitative estimate of drug-likeness (QED) is 0.103. The fourth-order valence-electron chi connectivity index (χ4n) is 4.97. The Hall–Kier alpha value is -3.38. The third kappa shape index (κ3) is 7.60. The molecule has 46 heavy (non-hydrogen) atoms. The SMILES string of the molecule is CCCCSc1nc2n(n1)C(c1cc(Br)c(OCc3ccc(Cl)cc3Cl)c(OC)c1)C(C(=O)Nc1ccccc1OCC)=C(C)N2. The van der Waals surface area contributed by atoms with Crippen molar-refractivity contribution in [3.05, 3.63) is 91.5 Å². The summed E-state index contributed by atoms with van der Waals surface area (Å²) in [6.45, 7) is 6.56. The van der Waals surface area contributed by atoms with Crippen molar-refractivity contribution in [2.45, 2.75) is 51.4 Å². The van der Waals surface area contributed by atoms with Gasteiger partial charge in [0, 0.05) is 27.1 Å². The third-order valence-corrected chi connectivity index (χ3v) is 9.30. The zero-order valence-electron chi connectivity index (χ0n) is 25.8. The number of aromatic nitrogens is 3. The van der Waals surface area contributed by atoms with Crippen molar-refractivity contribution in [1.82, 2.24) is 14.8 Å². The number of rotatable bonds is 13. The van der Waals surface area contributed by atoms with Crippen LogP contribution in [0, 0.1) is 0 Å². The largest absolute Gasteiger partial charge is 0.493 e. The van der Waals surface area contributed by atoms with E-state index in [0.29, 0.717) is 66.4 Å². The summed E-state index contributed by atoms with van der Waals surface area (Å²) < 4.78 is 20.1. The van der Waals surface area contributed by atoms with Crippen LogP contribution in [0.5, 0.6) is 17.2 Å². The highest BCUT2D eigenvalue weighted by Gasteiger charge is 2.36. The normalized spacial score (nSPS) is 14.0. The fraction of sp³-hybridized carbons (Fsp3) is 0.303. The van der Waals surface area contributed by atoms with E-state index in [4.69, 9.17) is 47.5 Å². The summed E-state index contributed by atoms with van der Waals surface area (Å²) in [4.78, 5) is 18.9. The Morgan fingerprint density at radius 2 is 1.91 bits per heavy atom. The van der Waals surface area contributed by atoms with Crippen LogP contribution in [0.25, 0.3) is 0 Å². The number of fused-ring (bicyclic) bond motifs is 1. The molecule has 0 saturated carbocycles. The van der Waals surface area contributed by atoms with Gasteiger partial charge in [-0.3, -0.25) is 4.79 Å². The zero-order chi connectivity index (χ0) is 32.8. The third-order valence-electron chi connectivity index (χ3n) is 7.20. The van der Waals surface area contributed by atoms with Gasteiger partial charge in [-0.1, -0.05) is 66.5 Å². The Morgan fingerprint density at radius 3 is 2.65 bits per heavy atom. The van der Waals surface area contributed by atoms with Crippen LogP contribution in [0.2, 0.25) is 10.0 Å². The Kier molecular flexibility index (Phi) is 11.4. The van der Waals surface area contributed by atoms with E-state index in [9.17, 15) is 4.79 Å². The number of halogens is 3. The summed E-state index contributed by atoms with van der Waals surface area (Å²) >= 11 is 17.7. The molecule has 0 aliphatic carbocycles. The summed E-state index contributed by atoms with van der Waals surface area (Å²) in [5.74, 6) is 2.66. The summed E-state index contributed by atoms with van der Waals surface area (Å²) in [7, 11) is 1.57. The highest BCUT2D eigenvalue weighted by molar-refractivity contribution is 9.10. The van der Waals surface area contributed by atoms with E-state index in [2.05, 4.69) is 33.5 Å². The summed E-state index contributed by atoms with van der Waals surface area (Å²) in [6, 6.07) is 15.7. The first-order valence-corrected chi connectivity index (χ1v) is 17.3. The predicted molar refractivity (Wildman–Crippen MR) is 188 cm³/mol. The molecule has 0 spiro atoms. The van der Waals surface area contributed by atoms with Crippen LogP contribution < -0.4 is 24.8 Å². The van der Waals surface area contributed by atoms with Crippen molar-refractivity contribution in [3.63, 3.8) is 0 Å². The van der Waals surface area contributed by atoms with Gasteiger partial charge in [-0.25, -0.2) is 4.68 Å². The minimum Gasteiger partial charge on any atom is -0.493 e. The van der Waals surface area contributed by atoms with Gasteiger partial charge in [-0.15, -0.1) is 5.10 Å². The summed E-state index contributed by atoms with van der Waals surface area (Å²) in [6.07, 6.45) is 2.12. The highest BCUT2D eigenvalue weighted by atomic mass is 79.9. The molecule has 13 heteroatoms. The van der Waals surface area contributed by atoms with Crippen LogP contribution in [0.3, 0.4) is 0 Å². The molecule has 1 amide bonds. The molecule has 5 rings (SSSR count). The number of hydrogen-bond donors (Lipinski definition) is 2. The minimum absolute atomic E-state index is 0.190. The van der Waals surface area contributed by atoms with E-state index < -0.39 is 6.04 Å². The number of methoxy groups -OCH3 is 1. The lowest BCUT2D eigenvalue weighted by atomic mass is 9.94. The second-order valence-electron chi connectivity index (χ2n) is 10.4. The van der Waals surface area contributed by atoms with Gasteiger partial charge in [-0.2, -0.15) is 4.98 Å². The number of amides is 1. The molecule has 2 N–H and O–H groups in total. The molecule has 9 nitrogen and oxygen atoms in total. The van der Waals surface area contributed by atoms with Crippen LogP contribution in [0.1, 0.15) is 50.8 Å². The first kappa shape index (κ1) is 34.0. The topological polar surface area (TPSA) is 99.5 Å². The van der Waals surface area contributed by atoms with Gasteiger partial charge in [0.2, 0.25) is 11.1 Å². The van der Waals surface area contributed by atoms with Crippen molar-refractivity contribution in [3.8, 4) is 17.2 Å².